The van der Waals surface area contributed by atoms with Crippen molar-refractivity contribution in [3.8, 4) is 0 Å². The fourth-order valence-corrected chi connectivity index (χ4v) is 1.87. The maximum absolute atomic E-state index is 11.9. The largest absolute Gasteiger partial charge is 0.465 e. The summed E-state index contributed by atoms with van der Waals surface area (Å²) in [7, 11) is 0. The normalized spacial score (nSPS) is 24.0. The van der Waals surface area contributed by atoms with E-state index in [1.165, 1.54) is 0 Å². The molecule has 108 valence electrons. The number of ketones is 1. The van der Waals surface area contributed by atoms with Gasteiger partial charge in [-0.2, -0.15) is 0 Å². The van der Waals surface area contributed by atoms with Gasteiger partial charge in [0.1, 0.15) is 11.6 Å². The zero-order valence-corrected chi connectivity index (χ0v) is 11.6. The van der Waals surface area contributed by atoms with E-state index in [-0.39, 0.29) is 18.9 Å². The molecule has 0 aliphatic carbocycles. The molecule has 2 N–H and O–H groups in total. The molecule has 7 heteroatoms. The van der Waals surface area contributed by atoms with Gasteiger partial charge < -0.3 is 20.1 Å². The summed E-state index contributed by atoms with van der Waals surface area (Å²) in [6.45, 7) is 6.88. The summed E-state index contributed by atoms with van der Waals surface area (Å²) in [6.07, 6.45) is -1.82. The Kier molecular flexibility index (Phi) is 4.39. The van der Waals surface area contributed by atoms with E-state index in [0.29, 0.717) is 0 Å². The number of nitrogens with one attached hydrogen (secondary N) is 1. The minimum atomic E-state index is -1.10. The number of hydrogen-bond donors (Lipinski definition) is 2. The number of rotatable bonds is 1. The molecule has 0 aromatic carbocycles. The molecule has 19 heavy (non-hydrogen) atoms. The van der Waals surface area contributed by atoms with Crippen LogP contribution in [0, 0.1) is 5.92 Å². The van der Waals surface area contributed by atoms with Crippen LogP contribution in [-0.2, 0) is 9.53 Å². The first-order valence-electron chi connectivity index (χ1n) is 6.11. The lowest BCUT2D eigenvalue weighted by molar-refractivity contribution is -0.127. The molecule has 7 nitrogen and oxygen atoms in total. The number of piperidine rings is 1. The lowest BCUT2D eigenvalue weighted by Crippen LogP contribution is -2.57. The monoisotopic (exact) mass is 272 g/mol. The molecule has 1 fully saturated rings. The molecule has 1 aliphatic rings. The predicted molar refractivity (Wildman–Crippen MR) is 66.9 cm³/mol. The van der Waals surface area contributed by atoms with Crippen molar-refractivity contribution in [3.63, 3.8) is 0 Å². The topological polar surface area (TPSA) is 95.9 Å². The Hall–Kier alpha value is -1.79. The number of carbonyl (C=O) groups is 3. The van der Waals surface area contributed by atoms with Crippen LogP contribution < -0.4 is 5.32 Å². The Morgan fingerprint density at radius 3 is 2.42 bits per heavy atom. The van der Waals surface area contributed by atoms with Crippen molar-refractivity contribution in [1.82, 2.24) is 10.2 Å². The van der Waals surface area contributed by atoms with Crippen molar-refractivity contribution in [2.75, 3.05) is 13.1 Å². The van der Waals surface area contributed by atoms with Gasteiger partial charge in [-0.15, -0.1) is 0 Å². The second kappa shape index (κ2) is 5.46. The summed E-state index contributed by atoms with van der Waals surface area (Å²) >= 11 is 0. The van der Waals surface area contributed by atoms with Gasteiger partial charge in [0.15, 0.2) is 5.78 Å². The Morgan fingerprint density at radius 2 is 1.95 bits per heavy atom. The van der Waals surface area contributed by atoms with Crippen molar-refractivity contribution >= 4 is 18.0 Å². The number of hydrogen-bond acceptors (Lipinski definition) is 4. The first kappa shape index (κ1) is 15.3. The quantitative estimate of drug-likeness (QED) is 0.744. The predicted octanol–water partition coefficient (Wildman–Crippen LogP) is 1.08. The summed E-state index contributed by atoms with van der Waals surface area (Å²) in [5, 5.41) is 11.4. The highest BCUT2D eigenvalue weighted by molar-refractivity contribution is 5.91. The number of alkyl carbamates (subject to hydrolysis) is 1. The molecule has 0 aromatic heterocycles. The third-order valence-corrected chi connectivity index (χ3v) is 2.69. The third kappa shape index (κ3) is 4.42. The summed E-state index contributed by atoms with van der Waals surface area (Å²) in [5.74, 6) is -0.617. The van der Waals surface area contributed by atoms with Crippen LogP contribution >= 0.6 is 0 Å². The molecule has 0 saturated carbocycles. The minimum absolute atomic E-state index is 0.0439. The van der Waals surface area contributed by atoms with Gasteiger partial charge in [0.05, 0.1) is 6.54 Å². The Morgan fingerprint density at radius 1 is 1.37 bits per heavy atom. The summed E-state index contributed by atoms with van der Waals surface area (Å²) < 4.78 is 5.05. The summed E-state index contributed by atoms with van der Waals surface area (Å²) in [5.41, 5.74) is -0.667. The number of carbonyl (C=O) groups excluding carboxylic acids is 2. The molecule has 0 aromatic rings. The average Bonchev–Trinajstić information content (AvgIpc) is 2.21. The lowest BCUT2D eigenvalue weighted by atomic mass is 9.94. The van der Waals surface area contributed by atoms with Gasteiger partial charge in [0.25, 0.3) is 0 Å². The highest BCUT2D eigenvalue weighted by Crippen LogP contribution is 2.14. The van der Waals surface area contributed by atoms with Crippen molar-refractivity contribution in [2.45, 2.75) is 39.3 Å². The molecule has 0 radical (unpaired) electrons. The molecule has 2 atom stereocenters. The lowest BCUT2D eigenvalue weighted by Gasteiger charge is -2.34. The smallest absolute Gasteiger partial charge is 0.408 e. The van der Waals surface area contributed by atoms with Gasteiger partial charge in [-0.3, -0.25) is 4.79 Å². The SMILES string of the molecule is C[C@H]1CN(C(=O)O)C[C@@H](NC(=O)OC(C)(C)C)C1=O. The molecule has 1 heterocycles. The molecular weight excluding hydrogens is 252 g/mol. The molecule has 1 aliphatic heterocycles. The Labute approximate surface area is 111 Å². The number of ether oxygens (including phenoxy) is 1. The molecule has 1 saturated heterocycles. The Bertz CT molecular complexity index is 388. The van der Waals surface area contributed by atoms with E-state index in [1.54, 1.807) is 27.7 Å². The van der Waals surface area contributed by atoms with E-state index in [0.717, 1.165) is 4.90 Å². The first-order valence-corrected chi connectivity index (χ1v) is 6.11. The van der Waals surface area contributed by atoms with Crippen LogP contribution in [0.4, 0.5) is 9.59 Å². The fourth-order valence-electron chi connectivity index (χ4n) is 1.87. The number of carboxylic acid groups (broad SMARTS) is 1. The standard InChI is InChI=1S/C12H20N2O5/c1-7-5-14(11(17)18)6-8(9(7)15)13-10(16)19-12(2,3)4/h7-8H,5-6H2,1-4H3,(H,13,16)(H,17,18)/t7-,8+/m0/s1. The van der Waals surface area contributed by atoms with Crippen LogP contribution in [0.3, 0.4) is 0 Å². The number of amides is 2. The van der Waals surface area contributed by atoms with Crippen molar-refractivity contribution in [1.29, 1.82) is 0 Å². The van der Waals surface area contributed by atoms with Gasteiger partial charge >= 0.3 is 12.2 Å². The van der Waals surface area contributed by atoms with Crippen LogP contribution in [0.5, 0.6) is 0 Å². The summed E-state index contributed by atoms with van der Waals surface area (Å²) in [4.78, 5) is 35.6. The van der Waals surface area contributed by atoms with Crippen molar-refractivity contribution in [3.05, 3.63) is 0 Å². The van der Waals surface area contributed by atoms with Gasteiger partial charge in [0, 0.05) is 12.5 Å². The summed E-state index contributed by atoms with van der Waals surface area (Å²) in [6, 6.07) is -0.852. The average molecular weight is 272 g/mol. The van der Waals surface area contributed by atoms with Crippen molar-refractivity contribution in [2.24, 2.45) is 5.92 Å². The van der Waals surface area contributed by atoms with E-state index in [2.05, 4.69) is 5.32 Å². The van der Waals surface area contributed by atoms with Crippen LogP contribution in [0.25, 0.3) is 0 Å². The fraction of sp³-hybridized carbons (Fsp3) is 0.750. The highest BCUT2D eigenvalue weighted by atomic mass is 16.6. The first-order chi connectivity index (χ1) is 8.60. The van der Waals surface area contributed by atoms with E-state index in [1.807, 2.05) is 0 Å². The van der Waals surface area contributed by atoms with Crippen LogP contribution in [0.1, 0.15) is 27.7 Å². The maximum Gasteiger partial charge on any atom is 0.408 e. The Balaban J connectivity index is 2.67. The van der Waals surface area contributed by atoms with Gasteiger partial charge in [-0.1, -0.05) is 6.92 Å². The number of likely N-dealkylation sites (tertiary alicyclic amines) is 1. The molecule has 2 amide bonds. The maximum atomic E-state index is 11.9. The van der Waals surface area contributed by atoms with Crippen molar-refractivity contribution < 1.29 is 24.2 Å². The molecular formula is C12H20N2O5. The van der Waals surface area contributed by atoms with E-state index < -0.39 is 29.7 Å². The molecule has 1 rings (SSSR count). The van der Waals surface area contributed by atoms with Crippen LogP contribution in [0.2, 0.25) is 0 Å². The van der Waals surface area contributed by atoms with Crippen LogP contribution in [0.15, 0.2) is 0 Å². The number of Topliss-reactive ketones (excluding diaryl/α,β-unsaturated/α-hetero) is 1. The van der Waals surface area contributed by atoms with E-state index in [4.69, 9.17) is 9.84 Å². The van der Waals surface area contributed by atoms with Gasteiger partial charge in [-0.25, -0.2) is 9.59 Å². The minimum Gasteiger partial charge on any atom is -0.465 e. The second-order valence-electron chi connectivity index (χ2n) is 5.69. The third-order valence-electron chi connectivity index (χ3n) is 2.69. The zero-order valence-electron chi connectivity index (χ0n) is 11.6. The van der Waals surface area contributed by atoms with Crippen LogP contribution in [-0.4, -0.2) is 52.7 Å². The van der Waals surface area contributed by atoms with E-state index in [9.17, 15) is 14.4 Å². The second-order valence-corrected chi connectivity index (χ2v) is 5.69. The molecule has 0 bridgehead atoms. The van der Waals surface area contributed by atoms with E-state index >= 15 is 0 Å². The molecule has 0 spiro atoms. The molecule has 0 unspecified atom stereocenters. The number of nitrogens with zero attached hydrogens (tertiary/aromatic N) is 1. The zero-order chi connectivity index (χ0) is 14.8. The van der Waals surface area contributed by atoms with Gasteiger partial charge in [-0.05, 0) is 20.8 Å². The highest BCUT2D eigenvalue weighted by Gasteiger charge is 2.36. The van der Waals surface area contributed by atoms with Gasteiger partial charge in [0.2, 0.25) is 0 Å².